The van der Waals surface area contributed by atoms with Crippen molar-refractivity contribution < 1.29 is 14.3 Å². The molecule has 6 nitrogen and oxygen atoms in total. The van der Waals surface area contributed by atoms with E-state index in [1.165, 1.54) is 0 Å². The number of nitrogens with zero attached hydrogens (tertiary/aromatic N) is 2. The number of benzene rings is 1. The lowest BCUT2D eigenvalue weighted by Crippen LogP contribution is -2.27. The molecule has 0 aliphatic carbocycles. The minimum atomic E-state index is -0.190. The van der Waals surface area contributed by atoms with E-state index >= 15 is 0 Å². The van der Waals surface area contributed by atoms with Gasteiger partial charge in [0.25, 0.3) is 5.91 Å². The third kappa shape index (κ3) is 3.71. The largest absolute Gasteiger partial charge is 0.493 e. The Kier molecular flexibility index (Phi) is 5.68. The number of amides is 1. The molecule has 0 saturated carbocycles. The van der Waals surface area contributed by atoms with Crippen molar-refractivity contribution in [3.05, 3.63) is 71.2 Å². The first kappa shape index (κ1) is 19.5. The second-order valence-electron chi connectivity index (χ2n) is 6.62. The monoisotopic (exact) mass is 379 g/mol. The van der Waals surface area contributed by atoms with Crippen LogP contribution in [0.4, 0.5) is 0 Å². The Morgan fingerprint density at radius 3 is 2.46 bits per heavy atom. The Balaban J connectivity index is 1.84. The molecule has 3 rings (SSSR count). The lowest BCUT2D eigenvalue weighted by Gasteiger charge is -2.17. The van der Waals surface area contributed by atoms with Gasteiger partial charge in [0, 0.05) is 17.6 Å². The summed E-state index contributed by atoms with van der Waals surface area (Å²) in [6, 6.07) is 13.1. The maximum Gasteiger partial charge on any atom is 0.253 e. The van der Waals surface area contributed by atoms with Crippen LogP contribution in [0.3, 0.4) is 0 Å². The first-order valence-electron chi connectivity index (χ1n) is 9.09. The van der Waals surface area contributed by atoms with Crippen molar-refractivity contribution in [2.24, 2.45) is 0 Å². The number of hydrogen-bond donors (Lipinski definition) is 1. The second kappa shape index (κ2) is 8.17. The number of aryl methyl sites for hydroxylation is 1. The van der Waals surface area contributed by atoms with E-state index in [1.54, 1.807) is 20.4 Å². The summed E-state index contributed by atoms with van der Waals surface area (Å²) < 4.78 is 12.6. The van der Waals surface area contributed by atoms with E-state index in [-0.39, 0.29) is 11.9 Å². The van der Waals surface area contributed by atoms with Gasteiger partial charge in [0.15, 0.2) is 11.5 Å². The molecule has 1 amide bonds. The molecule has 0 spiro atoms. The fourth-order valence-electron chi connectivity index (χ4n) is 3.31. The number of pyridine rings is 1. The summed E-state index contributed by atoms with van der Waals surface area (Å²) in [5, 5.41) is 3.07. The minimum Gasteiger partial charge on any atom is -0.493 e. The third-order valence-electron chi connectivity index (χ3n) is 4.81. The van der Waals surface area contributed by atoms with Gasteiger partial charge < -0.3 is 19.4 Å². The molecule has 0 aliphatic rings. The molecular weight excluding hydrogens is 354 g/mol. The topological polar surface area (TPSA) is 65.4 Å². The van der Waals surface area contributed by atoms with Gasteiger partial charge in [-0.05, 0) is 56.7 Å². The predicted molar refractivity (Wildman–Crippen MR) is 108 cm³/mol. The highest BCUT2D eigenvalue weighted by Gasteiger charge is 2.19. The van der Waals surface area contributed by atoms with Crippen LogP contribution in [0.1, 0.15) is 40.3 Å². The molecule has 3 aromatic rings. The lowest BCUT2D eigenvalue weighted by atomic mass is 10.1. The van der Waals surface area contributed by atoms with Crippen LogP contribution in [0.2, 0.25) is 0 Å². The molecule has 28 heavy (non-hydrogen) atoms. The summed E-state index contributed by atoms with van der Waals surface area (Å²) in [5.41, 5.74) is 3.38. The quantitative estimate of drug-likeness (QED) is 0.703. The molecule has 0 radical (unpaired) electrons. The number of aromatic nitrogens is 2. The van der Waals surface area contributed by atoms with Gasteiger partial charge in [0.1, 0.15) is 5.82 Å². The number of rotatable bonds is 6. The first-order valence-corrected chi connectivity index (χ1v) is 9.09. The molecule has 0 fully saturated rings. The molecule has 0 bridgehead atoms. The fraction of sp³-hybridized carbons (Fsp3) is 0.273. The van der Waals surface area contributed by atoms with Crippen LogP contribution in [0.5, 0.6) is 11.5 Å². The van der Waals surface area contributed by atoms with Crippen LogP contribution in [0.25, 0.3) is 5.82 Å². The molecule has 1 unspecified atom stereocenters. The molecule has 0 saturated heterocycles. The summed E-state index contributed by atoms with van der Waals surface area (Å²) in [6.07, 6.45) is 1.74. The van der Waals surface area contributed by atoms with E-state index in [1.807, 2.05) is 67.8 Å². The van der Waals surface area contributed by atoms with Crippen LogP contribution in [0.15, 0.2) is 48.7 Å². The van der Waals surface area contributed by atoms with E-state index in [0.29, 0.717) is 17.1 Å². The second-order valence-corrected chi connectivity index (χ2v) is 6.62. The normalized spacial score (nSPS) is 11.8. The number of hydrogen-bond acceptors (Lipinski definition) is 4. The standard InChI is InChI=1S/C22H25N3O3/c1-14-12-18(16(3)25(14)21-8-6-7-11-23-21)22(26)24-15(2)17-9-10-19(27-4)20(13-17)28-5/h6-13,15H,1-5H3,(H,24,26). The molecule has 2 aromatic heterocycles. The zero-order valence-electron chi connectivity index (χ0n) is 16.8. The maximum absolute atomic E-state index is 12.9. The average molecular weight is 379 g/mol. The SMILES string of the molecule is COc1ccc(C(C)NC(=O)c2cc(C)n(-c3ccccn3)c2C)cc1OC. The number of carbonyl (C=O) groups is 1. The van der Waals surface area contributed by atoms with Gasteiger partial charge in [0.05, 0.1) is 25.8 Å². The zero-order valence-corrected chi connectivity index (χ0v) is 16.8. The smallest absolute Gasteiger partial charge is 0.253 e. The highest BCUT2D eigenvalue weighted by Crippen LogP contribution is 2.30. The van der Waals surface area contributed by atoms with Crippen molar-refractivity contribution in [1.82, 2.24) is 14.9 Å². The molecular formula is C22H25N3O3. The molecule has 146 valence electrons. The van der Waals surface area contributed by atoms with Crippen LogP contribution in [-0.2, 0) is 0 Å². The van der Waals surface area contributed by atoms with Gasteiger partial charge in [-0.2, -0.15) is 0 Å². The Hall–Kier alpha value is -3.28. The molecule has 1 atom stereocenters. The van der Waals surface area contributed by atoms with Crippen molar-refractivity contribution in [2.75, 3.05) is 14.2 Å². The van der Waals surface area contributed by atoms with Crippen LogP contribution in [-0.4, -0.2) is 29.7 Å². The van der Waals surface area contributed by atoms with Gasteiger partial charge in [0.2, 0.25) is 0 Å². The Morgan fingerprint density at radius 1 is 1.07 bits per heavy atom. The van der Waals surface area contributed by atoms with Crippen LogP contribution >= 0.6 is 0 Å². The van der Waals surface area contributed by atoms with E-state index in [2.05, 4.69) is 10.3 Å². The first-order chi connectivity index (χ1) is 13.5. The molecule has 1 aromatic carbocycles. The van der Waals surface area contributed by atoms with E-state index in [4.69, 9.17) is 9.47 Å². The predicted octanol–water partition coefficient (Wildman–Crippen LogP) is 4.00. The Bertz CT molecular complexity index is 980. The number of carbonyl (C=O) groups excluding carboxylic acids is 1. The van der Waals surface area contributed by atoms with Crippen molar-refractivity contribution in [3.8, 4) is 17.3 Å². The highest BCUT2D eigenvalue weighted by molar-refractivity contribution is 5.96. The molecule has 0 aliphatic heterocycles. The van der Waals surface area contributed by atoms with Gasteiger partial charge in [-0.3, -0.25) is 4.79 Å². The molecule has 6 heteroatoms. The van der Waals surface area contributed by atoms with Gasteiger partial charge in [-0.25, -0.2) is 4.98 Å². The maximum atomic E-state index is 12.9. The summed E-state index contributed by atoms with van der Waals surface area (Å²) in [4.78, 5) is 17.3. The van der Waals surface area contributed by atoms with Crippen molar-refractivity contribution in [3.63, 3.8) is 0 Å². The summed E-state index contributed by atoms with van der Waals surface area (Å²) in [7, 11) is 3.19. The van der Waals surface area contributed by atoms with E-state index in [0.717, 1.165) is 22.8 Å². The van der Waals surface area contributed by atoms with Gasteiger partial charge in [-0.1, -0.05) is 12.1 Å². The van der Waals surface area contributed by atoms with Crippen molar-refractivity contribution in [2.45, 2.75) is 26.8 Å². The highest BCUT2D eigenvalue weighted by atomic mass is 16.5. The lowest BCUT2D eigenvalue weighted by molar-refractivity contribution is 0.0939. The summed E-state index contributed by atoms with van der Waals surface area (Å²) in [6.45, 7) is 5.84. The molecule has 1 N–H and O–H groups in total. The van der Waals surface area contributed by atoms with Crippen molar-refractivity contribution >= 4 is 5.91 Å². The van der Waals surface area contributed by atoms with Gasteiger partial charge >= 0.3 is 0 Å². The Morgan fingerprint density at radius 2 is 1.82 bits per heavy atom. The molecule has 2 heterocycles. The summed E-state index contributed by atoms with van der Waals surface area (Å²) in [5.74, 6) is 1.96. The van der Waals surface area contributed by atoms with Crippen molar-refractivity contribution in [1.29, 1.82) is 0 Å². The number of methoxy groups -OCH3 is 2. The summed E-state index contributed by atoms with van der Waals surface area (Å²) >= 11 is 0. The Labute approximate surface area is 165 Å². The fourth-order valence-corrected chi connectivity index (χ4v) is 3.31. The van der Waals surface area contributed by atoms with Gasteiger partial charge in [-0.15, -0.1) is 0 Å². The number of nitrogens with one attached hydrogen (secondary N) is 1. The zero-order chi connectivity index (χ0) is 20.3. The minimum absolute atomic E-state index is 0.127. The van der Waals surface area contributed by atoms with E-state index in [9.17, 15) is 4.79 Å². The van der Waals surface area contributed by atoms with Crippen LogP contribution < -0.4 is 14.8 Å². The number of ether oxygens (including phenoxy) is 2. The van der Waals surface area contributed by atoms with Crippen LogP contribution in [0, 0.1) is 13.8 Å². The third-order valence-corrected chi connectivity index (χ3v) is 4.81. The average Bonchev–Trinajstić information content (AvgIpc) is 3.02. The van der Waals surface area contributed by atoms with E-state index < -0.39 is 0 Å².